The van der Waals surface area contributed by atoms with Crippen LogP contribution in [0.2, 0.25) is 0 Å². The Morgan fingerprint density at radius 2 is 0.681 bits per heavy atom. The minimum atomic E-state index is -0.683. The summed E-state index contributed by atoms with van der Waals surface area (Å²) in [6.45, 7) is 4.46. The Balaban J connectivity index is 0.984. The van der Waals surface area contributed by atoms with Crippen molar-refractivity contribution in [3.05, 3.63) is 299 Å². The number of rotatable bonds is 5. The van der Waals surface area contributed by atoms with E-state index >= 15 is 0 Å². The van der Waals surface area contributed by atoms with Gasteiger partial charge in [0.25, 0.3) is 0 Å². The van der Waals surface area contributed by atoms with Crippen LogP contribution in [0.4, 0.5) is 34.1 Å². The lowest BCUT2D eigenvalue weighted by Crippen LogP contribution is -2.49. The van der Waals surface area contributed by atoms with Gasteiger partial charge in [-0.15, -0.1) is 0 Å². The minimum absolute atomic E-state index is 0.647. The number of pyridine rings is 2. The number of hydrogen-bond acceptors (Lipinski definition) is 6. The second-order valence-electron chi connectivity index (χ2n) is 19.2. The van der Waals surface area contributed by atoms with Gasteiger partial charge in [0.05, 0.1) is 45.0 Å². The van der Waals surface area contributed by atoms with Crippen LogP contribution in [0, 0.1) is 13.8 Å². The van der Waals surface area contributed by atoms with Crippen LogP contribution < -0.4 is 9.80 Å². The highest BCUT2D eigenvalue weighted by Crippen LogP contribution is 2.68. The third-order valence-corrected chi connectivity index (χ3v) is 15.2. The normalized spacial score (nSPS) is 14.1. The Labute approximate surface area is 419 Å². The van der Waals surface area contributed by atoms with Crippen molar-refractivity contribution < 1.29 is 0 Å². The molecule has 0 radical (unpaired) electrons. The second kappa shape index (κ2) is 16.2. The zero-order valence-electron chi connectivity index (χ0n) is 39.8. The maximum absolute atomic E-state index is 5.14. The maximum Gasteiger partial charge on any atom is 0.160 e. The zero-order valence-corrected chi connectivity index (χ0v) is 39.8. The first-order valence-corrected chi connectivity index (χ1v) is 24.6. The predicted octanol–water partition coefficient (Wildman–Crippen LogP) is 15.5. The number of fused-ring (bicyclic) bond motifs is 14. The molecule has 0 saturated heterocycles. The highest BCUT2D eigenvalue weighted by atomic mass is 15.2. The van der Waals surface area contributed by atoms with Crippen molar-refractivity contribution >= 4 is 34.1 Å². The van der Waals surface area contributed by atoms with Crippen molar-refractivity contribution in [2.75, 3.05) is 9.80 Å². The molecule has 72 heavy (non-hydrogen) atoms. The van der Waals surface area contributed by atoms with E-state index in [0.717, 1.165) is 50.8 Å². The second-order valence-corrected chi connectivity index (χ2v) is 19.2. The number of para-hydroxylation sites is 3. The first-order chi connectivity index (χ1) is 35.5. The van der Waals surface area contributed by atoms with Crippen molar-refractivity contribution in [1.29, 1.82) is 0 Å². The maximum atomic E-state index is 5.14. The van der Waals surface area contributed by atoms with Gasteiger partial charge in [0.15, 0.2) is 5.82 Å². The molecule has 0 saturated carbocycles. The van der Waals surface area contributed by atoms with Gasteiger partial charge in [-0.3, -0.25) is 9.97 Å². The fourth-order valence-corrected chi connectivity index (χ4v) is 12.3. The zero-order chi connectivity index (χ0) is 48.0. The third kappa shape index (κ3) is 5.96. The monoisotopic (exact) mass is 922 g/mol. The summed E-state index contributed by atoms with van der Waals surface area (Å²) in [4.78, 5) is 23.7. The van der Waals surface area contributed by atoms with Crippen LogP contribution in [0.25, 0.3) is 33.9 Å². The van der Waals surface area contributed by atoms with Gasteiger partial charge in [0, 0.05) is 52.9 Å². The Morgan fingerprint density at radius 1 is 0.306 bits per heavy atom. The van der Waals surface area contributed by atoms with Crippen LogP contribution in [0.5, 0.6) is 0 Å². The largest absolute Gasteiger partial charge is 0.310 e. The van der Waals surface area contributed by atoms with Crippen molar-refractivity contribution in [2.45, 2.75) is 24.7 Å². The molecule has 340 valence electrons. The number of anilines is 6. The van der Waals surface area contributed by atoms with E-state index in [4.69, 9.17) is 9.97 Å². The van der Waals surface area contributed by atoms with E-state index in [2.05, 4.69) is 222 Å². The van der Waals surface area contributed by atoms with E-state index < -0.39 is 10.8 Å². The Morgan fingerprint density at radius 3 is 1.14 bits per heavy atom. The summed E-state index contributed by atoms with van der Waals surface area (Å²) in [7, 11) is 0. The van der Waals surface area contributed by atoms with Crippen LogP contribution in [0.1, 0.15) is 55.6 Å². The standard InChI is InChI=1S/C66H46N6/c1-43-24-30-62-56(40-43)66(57-41-44(2)25-31-63(57)71(62)48-14-4-3-5-15-48)52-18-8-6-16-50(52)65(51-17-7-9-19-53(51)66)54-20-10-12-22-60(54)72(61-23-13-11-21-55(61)65)49-28-26-47(27-29-49)64-69-58(45-32-36-67-37-33-45)42-59(70-64)46-34-38-68-39-35-46/h3-42H,1-2H3. The summed E-state index contributed by atoms with van der Waals surface area (Å²) < 4.78 is 0. The van der Waals surface area contributed by atoms with Gasteiger partial charge in [-0.05, 0) is 149 Å². The summed E-state index contributed by atoms with van der Waals surface area (Å²) >= 11 is 0. The minimum Gasteiger partial charge on any atom is -0.310 e. The smallest absolute Gasteiger partial charge is 0.160 e. The van der Waals surface area contributed by atoms with E-state index in [1.807, 2.05) is 30.3 Å². The van der Waals surface area contributed by atoms with E-state index in [1.165, 1.54) is 67.0 Å². The van der Waals surface area contributed by atoms with Crippen molar-refractivity contribution in [3.63, 3.8) is 0 Å². The lowest BCUT2D eigenvalue weighted by molar-refractivity contribution is 0.607. The molecule has 5 heterocycles. The lowest BCUT2D eigenvalue weighted by atomic mass is 9.49. The van der Waals surface area contributed by atoms with Crippen molar-refractivity contribution in [2.24, 2.45) is 0 Å². The average molecular weight is 923 g/mol. The Kier molecular flexibility index (Phi) is 9.35. The van der Waals surface area contributed by atoms with Gasteiger partial charge in [-0.25, -0.2) is 9.97 Å². The summed E-state index contributed by atoms with van der Waals surface area (Å²) in [5.74, 6) is 0.647. The third-order valence-electron chi connectivity index (χ3n) is 15.2. The van der Waals surface area contributed by atoms with Crippen LogP contribution >= 0.6 is 0 Å². The van der Waals surface area contributed by atoms with E-state index in [1.54, 1.807) is 24.8 Å². The molecule has 2 spiro atoms. The first kappa shape index (κ1) is 41.7. The van der Waals surface area contributed by atoms with Crippen molar-refractivity contribution in [3.8, 4) is 33.9 Å². The number of hydrogen-bond donors (Lipinski definition) is 0. The van der Waals surface area contributed by atoms with Gasteiger partial charge in [-0.2, -0.15) is 0 Å². The summed E-state index contributed by atoms with van der Waals surface area (Å²) in [6, 6.07) is 80.5. The molecule has 8 aromatic carbocycles. The number of benzene rings is 8. The molecule has 1 aliphatic carbocycles. The molecule has 0 N–H and O–H groups in total. The molecule has 6 nitrogen and oxygen atoms in total. The Bertz CT molecular complexity index is 3700. The molecule has 0 bridgehead atoms. The van der Waals surface area contributed by atoms with E-state index in [9.17, 15) is 0 Å². The molecule has 0 amide bonds. The van der Waals surface area contributed by atoms with Gasteiger partial charge >= 0.3 is 0 Å². The topological polar surface area (TPSA) is 58.0 Å². The lowest BCUT2D eigenvalue weighted by Gasteiger charge is -2.56. The highest BCUT2D eigenvalue weighted by molar-refractivity contribution is 5.95. The van der Waals surface area contributed by atoms with Crippen molar-refractivity contribution in [1.82, 2.24) is 19.9 Å². The molecule has 6 heteroatoms. The number of aryl methyl sites for hydroxylation is 2. The van der Waals surface area contributed by atoms with Gasteiger partial charge in [-0.1, -0.05) is 139 Å². The molecule has 3 aliphatic rings. The van der Waals surface area contributed by atoms with Gasteiger partial charge in [0.2, 0.25) is 0 Å². The van der Waals surface area contributed by atoms with Crippen LogP contribution in [-0.4, -0.2) is 19.9 Å². The molecule has 11 aromatic rings. The summed E-state index contributed by atoms with van der Waals surface area (Å²) in [5.41, 5.74) is 22.6. The molecular weight excluding hydrogens is 877 g/mol. The van der Waals surface area contributed by atoms with Crippen LogP contribution in [0.15, 0.2) is 243 Å². The van der Waals surface area contributed by atoms with E-state index in [-0.39, 0.29) is 0 Å². The SMILES string of the molecule is Cc1ccc2c(c1)C1(c3cc(C)ccc3N2c2ccccc2)c2ccccc2C2(c3ccccc3N(c3ccc(-c4nc(-c5ccncc5)cc(-c5ccncc5)n4)cc3)c3ccccc32)c2ccccc21. The van der Waals surface area contributed by atoms with E-state index in [0.29, 0.717) is 5.82 Å². The number of nitrogens with zero attached hydrogens (tertiary/aromatic N) is 6. The fraction of sp³-hybridized carbons (Fsp3) is 0.0606. The quantitative estimate of drug-likeness (QED) is 0.171. The van der Waals surface area contributed by atoms with Gasteiger partial charge < -0.3 is 9.80 Å². The Hall–Kier alpha value is -9.26. The van der Waals surface area contributed by atoms with Crippen LogP contribution in [0.3, 0.4) is 0 Å². The molecule has 0 atom stereocenters. The molecule has 0 unspecified atom stereocenters. The summed E-state index contributed by atoms with van der Waals surface area (Å²) in [5, 5.41) is 0. The molecule has 14 rings (SSSR count). The molecular formula is C66H46N6. The molecule has 0 fully saturated rings. The molecule has 2 aliphatic heterocycles. The average Bonchev–Trinajstić information content (AvgIpc) is 3.45. The molecule has 3 aromatic heterocycles. The van der Waals surface area contributed by atoms with Gasteiger partial charge in [0.1, 0.15) is 0 Å². The fourth-order valence-electron chi connectivity index (χ4n) is 12.3. The predicted molar refractivity (Wildman–Crippen MR) is 290 cm³/mol. The number of aromatic nitrogens is 4. The summed E-state index contributed by atoms with van der Waals surface area (Å²) in [6.07, 6.45) is 7.20. The first-order valence-electron chi connectivity index (χ1n) is 24.6. The highest BCUT2D eigenvalue weighted by Gasteiger charge is 2.59. The van der Waals surface area contributed by atoms with Crippen LogP contribution in [-0.2, 0) is 10.8 Å².